The van der Waals surface area contributed by atoms with Gasteiger partial charge in [0, 0.05) is 5.02 Å². The van der Waals surface area contributed by atoms with Crippen LogP contribution in [0.4, 0.5) is 0 Å². The maximum absolute atomic E-state index is 12.0. The molecule has 0 unspecified atom stereocenters. The first-order valence-corrected chi connectivity index (χ1v) is 7.09. The number of amides is 1. The Morgan fingerprint density at radius 2 is 1.91 bits per heavy atom. The lowest BCUT2D eigenvalue weighted by Crippen LogP contribution is -2.28. The summed E-state index contributed by atoms with van der Waals surface area (Å²) in [6, 6.07) is 13.9. The van der Waals surface area contributed by atoms with Gasteiger partial charge in [0.15, 0.2) is 5.69 Å². The molecular formula is C16H11ClN4O2. The van der Waals surface area contributed by atoms with E-state index in [1.807, 2.05) is 0 Å². The molecule has 0 saturated heterocycles. The van der Waals surface area contributed by atoms with Crippen molar-refractivity contribution in [2.75, 3.05) is 0 Å². The lowest BCUT2D eigenvalue weighted by Gasteiger charge is -2.01. The zero-order valence-corrected chi connectivity index (χ0v) is 12.5. The largest absolute Gasteiger partial charge is 0.319 e. The van der Waals surface area contributed by atoms with Gasteiger partial charge in [0.05, 0.1) is 17.2 Å². The van der Waals surface area contributed by atoms with Crippen LogP contribution in [0.25, 0.3) is 11.0 Å². The molecule has 0 aliphatic rings. The number of hydrazone groups is 1. The summed E-state index contributed by atoms with van der Waals surface area (Å²) in [7, 11) is 0. The second-order valence-corrected chi connectivity index (χ2v) is 5.12. The average Bonchev–Trinajstić information content (AvgIpc) is 2.56. The lowest BCUT2D eigenvalue weighted by atomic mass is 10.2. The van der Waals surface area contributed by atoms with Crippen LogP contribution in [0.2, 0.25) is 5.02 Å². The Morgan fingerprint density at radius 1 is 1.17 bits per heavy atom. The second-order valence-electron chi connectivity index (χ2n) is 4.68. The molecule has 7 heteroatoms. The van der Waals surface area contributed by atoms with E-state index in [-0.39, 0.29) is 5.69 Å². The maximum atomic E-state index is 12.0. The van der Waals surface area contributed by atoms with E-state index >= 15 is 0 Å². The molecule has 0 saturated carbocycles. The van der Waals surface area contributed by atoms with E-state index in [1.54, 1.807) is 48.5 Å². The number of aromatic nitrogens is 2. The van der Waals surface area contributed by atoms with Crippen LogP contribution in [-0.2, 0) is 0 Å². The number of hydrogen-bond acceptors (Lipinski definition) is 4. The molecule has 0 fully saturated rings. The van der Waals surface area contributed by atoms with Crippen molar-refractivity contribution in [1.29, 1.82) is 0 Å². The number of benzene rings is 2. The van der Waals surface area contributed by atoms with Crippen molar-refractivity contribution in [1.82, 2.24) is 15.4 Å². The van der Waals surface area contributed by atoms with E-state index < -0.39 is 11.5 Å². The minimum Gasteiger partial charge on any atom is -0.319 e. The fourth-order valence-corrected chi connectivity index (χ4v) is 2.08. The highest BCUT2D eigenvalue weighted by atomic mass is 35.5. The third kappa shape index (κ3) is 3.44. The van der Waals surface area contributed by atoms with Crippen LogP contribution in [0.15, 0.2) is 58.4 Å². The van der Waals surface area contributed by atoms with Crippen molar-refractivity contribution in [3.05, 3.63) is 75.2 Å². The Labute approximate surface area is 135 Å². The highest BCUT2D eigenvalue weighted by Gasteiger charge is 2.12. The first-order chi connectivity index (χ1) is 11.1. The van der Waals surface area contributed by atoms with Crippen LogP contribution in [0, 0.1) is 0 Å². The van der Waals surface area contributed by atoms with Crippen LogP contribution in [0.5, 0.6) is 0 Å². The van der Waals surface area contributed by atoms with E-state index in [0.717, 1.165) is 5.56 Å². The SMILES string of the molecule is O=C(N/N=C/c1ccc(Cl)cc1)c1nc2ccccc2[nH]c1=O. The van der Waals surface area contributed by atoms with Gasteiger partial charge in [-0.2, -0.15) is 5.10 Å². The molecule has 0 bridgehead atoms. The number of H-pyrrole nitrogens is 1. The van der Waals surface area contributed by atoms with Crippen LogP contribution >= 0.6 is 11.6 Å². The highest BCUT2D eigenvalue weighted by Crippen LogP contribution is 2.08. The summed E-state index contributed by atoms with van der Waals surface area (Å²) in [6.45, 7) is 0. The van der Waals surface area contributed by atoms with E-state index in [2.05, 4.69) is 20.5 Å². The monoisotopic (exact) mass is 326 g/mol. The molecule has 0 aliphatic heterocycles. The van der Waals surface area contributed by atoms with E-state index in [1.165, 1.54) is 6.21 Å². The Bertz CT molecular complexity index is 948. The molecule has 23 heavy (non-hydrogen) atoms. The van der Waals surface area contributed by atoms with Crippen molar-refractivity contribution in [2.24, 2.45) is 5.10 Å². The van der Waals surface area contributed by atoms with Crippen molar-refractivity contribution in [3.8, 4) is 0 Å². The molecule has 114 valence electrons. The summed E-state index contributed by atoms with van der Waals surface area (Å²) in [5.74, 6) is -0.679. The predicted octanol–water partition coefficient (Wildman–Crippen LogP) is 2.34. The quantitative estimate of drug-likeness (QED) is 0.572. The number of rotatable bonds is 3. The van der Waals surface area contributed by atoms with Gasteiger partial charge in [-0.3, -0.25) is 9.59 Å². The van der Waals surface area contributed by atoms with Crippen LogP contribution < -0.4 is 11.0 Å². The minimum atomic E-state index is -0.679. The summed E-state index contributed by atoms with van der Waals surface area (Å²) in [5, 5.41) is 4.42. The summed E-state index contributed by atoms with van der Waals surface area (Å²) >= 11 is 5.78. The summed E-state index contributed by atoms with van der Waals surface area (Å²) < 4.78 is 0. The van der Waals surface area contributed by atoms with Crippen LogP contribution in [0.3, 0.4) is 0 Å². The fourth-order valence-electron chi connectivity index (χ4n) is 1.95. The first kappa shape index (κ1) is 14.9. The van der Waals surface area contributed by atoms with Crippen molar-refractivity contribution >= 4 is 34.8 Å². The highest BCUT2D eigenvalue weighted by molar-refractivity contribution is 6.30. The number of halogens is 1. The Hall–Kier alpha value is -2.99. The topological polar surface area (TPSA) is 87.2 Å². The first-order valence-electron chi connectivity index (χ1n) is 6.71. The Kier molecular flexibility index (Phi) is 4.16. The van der Waals surface area contributed by atoms with Gasteiger partial charge in [-0.15, -0.1) is 0 Å². The van der Waals surface area contributed by atoms with Crippen molar-refractivity contribution in [3.63, 3.8) is 0 Å². The number of carbonyl (C=O) groups excluding carboxylic acids is 1. The lowest BCUT2D eigenvalue weighted by molar-refractivity contribution is 0.0949. The van der Waals surface area contributed by atoms with Gasteiger partial charge in [0.2, 0.25) is 0 Å². The molecular weight excluding hydrogens is 316 g/mol. The van der Waals surface area contributed by atoms with E-state index in [0.29, 0.717) is 16.1 Å². The zero-order valence-electron chi connectivity index (χ0n) is 11.8. The Balaban J connectivity index is 1.79. The average molecular weight is 327 g/mol. The number of fused-ring (bicyclic) bond motifs is 1. The van der Waals surface area contributed by atoms with Gasteiger partial charge >= 0.3 is 0 Å². The van der Waals surface area contributed by atoms with Gasteiger partial charge < -0.3 is 4.98 Å². The number of nitrogens with zero attached hydrogens (tertiary/aromatic N) is 2. The number of aromatic amines is 1. The van der Waals surface area contributed by atoms with Gasteiger partial charge in [-0.25, -0.2) is 10.4 Å². The molecule has 0 spiro atoms. The molecule has 3 rings (SSSR count). The molecule has 1 aromatic heterocycles. The van der Waals surface area contributed by atoms with E-state index in [9.17, 15) is 9.59 Å². The molecule has 1 amide bonds. The van der Waals surface area contributed by atoms with Crippen LogP contribution in [-0.4, -0.2) is 22.1 Å². The molecule has 2 N–H and O–H groups in total. The molecule has 0 atom stereocenters. The van der Waals surface area contributed by atoms with Gasteiger partial charge in [0.25, 0.3) is 11.5 Å². The van der Waals surface area contributed by atoms with Crippen molar-refractivity contribution < 1.29 is 4.79 Å². The minimum absolute atomic E-state index is 0.239. The smallest absolute Gasteiger partial charge is 0.295 e. The second kappa shape index (κ2) is 6.41. The number of nitrogens with one attached hydrogen (secondary N) is 2. The van der Waals surface area contributed by atoms with Gasteiger partial charge in [-0.05, 0) is 29.8 Å². The van der Waals surface area contributed by atoms with E-state index in [4.69, 9.17) is 11.6 Å². The maximum Gasteiger partial charge on any atom is 0.295 e. The van der Waals surface area contributed by atoms with Crippen LogP contribution in [0.1, 0.15) is 16.1 Å². The summed E-state index contributed by atoms with van der Waals surface area (Å²) in [4.78, 5) is 30.6. The van der Waals surface area contributed by atoms with Gasteiger partial charge in [-0.1, -0.05) is 35.9 Å². The predicted molar refractivity (Wildman–Crippen MR) is 88.9 cm³/mol. The zero-order chi connectivity index (χ0) is 16.2. The molecule has 6 nitrogen and oxygen atoms in total. The number of para-hydroxylation sites is 2. The third-order valence-corrected chi connectivity index (χ3v) is 3.32. The molecule has 3 aromatic rings. The van der Waals surface area contributed by atoms with Crippen molar-refractivity contribution in [2.45, 2.75) is 0 Å². The number of carbonyl (C=O) groups is 1. The fraction of sp³-hybridized carbons (Fsp3) is 0. The normalized spacial score (nSPS) is 11.0. The molecule has 0 radical (unpaired) electrons. The summed E-state index contributed by atoms with van der Waals surface area (Å²) in [6.07, 6.45) is 1.45. The standard InChI is InChI=1S/C16H11ClN4O2/c17-11-7-5-10(6-8-11)9-18-21-16(23)14-15(22)20-13-4-2-1-3-12(13)19-14/h1-9H,(H,20,22)(H,21,23)/b18-9+. The molecule has 1 heterocycles. The van der Waals surface area contributed by atoms with Gasteiger partial charge in [0.1, 0.15) is 0 Å². The number of hydrogen-bond donors (Lipinski definition) is 2. The molecule has 0 aliphatic carbocycles. The Morgan fingerprint density at radius 3 is 2.70 bits per heavy atom. The third-order valence-electron chi connectivity index (χ3n) is 3.06. The summed E-state index contributed by atoms with van der Waals surface area (Å²) in [5.41, 5.74) is 3.33. The molecule has 2 aromatic carbocycles.